The highest BCUT2D eigenvalue weighted by Crippen LogP contribution is 2.23. The molecule has 122 valence electrons. The zero-order chi connectivity index (χ0) is 17.1. The van der Waals surface area contributed by atoms with E-state index in [9.17, 15) is 13.6 Å². The average molecular weight is 365 g/mol. The van der Waals surface area contributed by atoms with Crippen LogP contribution in [0.15, 0.2) is 47.8 Å². The van der Waals surface area contributed by atoms with E-state index >= 15 is 0 Å². The van der Waals surface area contributed by atoms with Crippen molar-refractivity contribution in [3.8, 4) is 11.3 Å². The van der Waals surface area contributed by atoms with Crippen LogP contribution in [0.4, 0.5) is 8.78 Å². The Hall–Kier alpha value is -2.31. The number of rotatable bonds is 4. The van der Waals surface area contributed by atoms with Gasteiger partial charge in [-0.2, -0.15) is 0 Å². The van der Waals surface area contributed by atoms with Crippen LogP contribution >= 0.6 is 22.9 Å². The van der Waals surface area contributed by atoms with E-state index in [1.54, 1.807) is 17.5 Å². The molecule has 24 heavy (non-hydrogen) atoms. The van der Waals surface area contributed by atoms with Gasteiger partial charge in [0, 0.05) is 22.5 Å². The highest BCUT2D eigenvalue weighted by atomic mass is 35.5. The molecule has 3 nitrogen and oxygen atoms in total. The Morgan fingerprint density at radius 1 is 1.12 bits per heavy atom. The minimum atomic E-state index is -0.943. The summed E-state index contributed by atoms with van der Waals surface area (Å²) in [5.41, 5.74) is 2.00. The molecule has 3 rings (SSSR count). The van der Waals surface area contributed by atoms with Crippen LogP contribution in [0.2, 0.25) is 5.02 Å². The third-order valence-electron chi connectivity index (χ3n) is 3.28. The summed E-state index contributed by atoms with van der Waals surface area (Å²) in [5, 5.41) is 5.33. The van der Waals surface area contributed by atoms with Crippen LogP contribution in [0, 0.1) is 11.6 Å². The van der Waals surface area contributed by atoms with Gasteiger partial charge in [0.15, 0.2) is 16.6 Å². The van der Waals surface area contributed by atoms with Crippen LogP contribution < -0.4 is 5.32 Å². The zero-order valence-corrected chi connectivity index (χ0v) is 13.8. The van der Waals surface area contributed by atoms with Gasteiger partial charge in [-0.1, -0.05) is 29.8 Å². The minimum Gasteiger partial charge on any atom is -0.346 e. The monoisotopic (exact) mass is 364 g/mol. The number of halogens is 3. The molecule has 1 aromatic heterocycles. The number of thiazole rings is 1. The molecule has 0 aliphatic heterocycles. The van der Waals surface area contributed by atoms with Crippen molar-refractivity contribution < 1.29 is 13.6 Å². The van der Waals surface area contributed by atoms with Gasteiger partial charge in [-0.15, -0.1) is 11.3 Å². The lowest BCUT2D eigenvalue weighted by molar-refractivity contribution is 0.0950. The van der Waals surface area contributed by atoms with Gasteiger partial charge in [0.05, 0.1) is 5.69 Å². The summed E-state index contributed by atoms with van der Waals surface area (Å²) in [7, 11) is 0. The number of nitrogens with one attached hydrogen (secondary N) is 1. The summed E-state index contributed by atoms with van der Waals surface area (Å²) in [4.78, 5) is 16.4. The first kappa shape index (κ1) is 16.5. The number of carbonyl (C=O) groups is 1. The predicted molar refractivity (Wildman–Crippen MR) is 90.1 cm³/mol. The Morgan fingerprint density at radius 2 is 1.88 bits per heavy atom. The fraction of sp³-hybridized carbons (Fsp3) is 0.0588. The van der Waals surface area contributed by atoms with Crippen molar-refractivity contribution in [3.05, 3.63) is 75.1 Å². The number of amides is 1. The quantitative estimate of drug-likeness (QED) is 0.730. The van der Waals surface area contributed by atoms with Gasteiger partial charge in [-0.25, -0.2) is 13.8 Å². The molecule has 0 radical (unpaired) electrons. The van der Waals surface area contributed by atoms with Crippen LogP contribution in [0.1, 0.15) is 15.4 Å². The number of hydrogen-bond donors (Lipinski definition) is 1. The van der Waals surface area contributed by atoms with E-state index in [1.807, 2.05) is 12.1 Å². The van der Waals surface area contributed by atoms with E-state index in [2.05, 4.69) is 10.3 Å². The number of carbonyl (C=O) groups excluding carboxylic acids is 1. The molecule has 3 aromatic rings. The van der Waals surface area contributed by atoms with E-state index in [1.165, 1.54) is 17.4 Å². The van der Waals surface area contributed by atoms with Gasteiger partial charge < -0.3 is 5.32 Å². The molecule has 0 unspecified atom stereocenters. The summed E-state index contributed by atoms with van der Waals surface area (Å²) < 4.78 is 26.0. The normalized spacial score (nSPS) is 10.6. The van der Waals surface area contributed by atoms with Crippen molar-refractivity contribution in [3.63, 3.8) is 0 Å². The Bertz CT molecular complexity index is 881. The molecule has 0 fully saturated rings. The number of benzene rings is 2. The van der Waals surface area contributed by atoms with Crippen molar-refractivity contribution in [2.24, 2.45) is 0 Å². The van der Waals surface area contributed by atoms with Gasteiger partial charge in [0.1, 0.15) is 0 Å². The van der Waals surface area contributed by atoms with Gasteiger partial charge >= 0.3 is 0 Å². The maximum Gasteiger partial charge on any atom is 0.280 e. The molecule has 1 amide bonds. The van der Waals surface area contributed by atoms with Crippen molar-refractivity contribution in [2.75, 3.05) is 0 Å². The summed E-state index contributed by atoms with van der Waals surface area (Å²) in [6, 6.07) is 10.6. The van der Waals surface area contributed by atoms with Crippen molar-refractivity contribution in [1.29, 1.82) is 0 Å². The fourth-order valence-electron chi connectivity index (χ4n) is 2.04. The highest BCUT2D eigenvalue weighted by Gasteiger charge is 2.12. The van der Waals surface area contributed by atoms with Gasteiger partial charge in [0.2, 0.25) is 0 Å². The van der Waals surface area contributed by atoms with Crippen LogP contribution in [-0.4, -0.2) is 10.9 Å². The topological polar surface area (TPSA) is 42.0 Å². The first-order chi connectivity index (χ1) is 11.5. The first-order valence-corrected chi connectivity index (χ1v) is 8.22. The standard InChI is InChI=1S/C17H11ClF2N2OS/c18-12-4-2-11(3-5-12)15-9-24-17(22-15)16(23)21-8-10-1-6-13(19)14(20)7-10/h1-7,9H,8H2,(H,21,23). The van der Waals surface area contributed by atoms with Crippen LogP contribution in [-0.2, 0) is 6.54 Å². The maximum atomic E-state index is 13.1. The Kier molecular flexibility index (Phi) is 4.87. The molecule has 0 aliphatic rings. The second-order valence-corrected chi connectivity index (χ2v) is 6.27. The Labute approximate surface area is 145 Å². The molecule has 0 aliphatic carbocycles. The molecule has 0 bridgehead atoms. The predicted octanol–water partition coefficient (Wildman–Crippen LogP) is 4.67. The average Bonchev–Trinajstić information content (AvgIpc) is 3.06. The van der Waals surface area contributed by atoms with Gasteiger partial charge in [0.25, 0.3) is 5.91 Å². The van der Waals surface area contributed by atoms with E-state index in [-0.39, 0.29) is 12.5 Å². The second-order valence-electron chi connectivity index (χ2n) is 4.98. The van der Waals surface area contributed by atoms with Crippen molar-refractivity contribution in [1.82, 2.24) is 10.3 Å². The van der Waals surface area contributed by atoms with Gasteiger partial charge in [-0.3, -0.25) is 4.79 Å². The molecule has 0 spiro atoms. The smallest absolute Gasteiger partial charge is 0.280 e. The summed E-state index contributed by atoms with van der Waals surface area (Å²) in [5.74, 6) is -2.23. The lowest BCUT2D eigenvalue weighted by atomic mass is 10.2. The molecular formula is C17H11ClF2N2OS. The molecule has 0 saturated heterocycles. The molecule has 0 atom stereocenters. The first-order valence-electron chi connectivity index (χ1n) is 6.96. The largest absolute Gasteiger partial charge is 0.346 e. The second kappa shape index (κ2) is 7.07. The SMILES string of the molecule is O=C(NCc1ccc(F)c(F)c1)c1nc(-c2ccc(Cl)cc2)cs1. The van der Waals surface area contributed by atoms with E-state index in [0.717, 1.165) is 17.7 Å². The lowest BCUT2D eigenvalue weighted by Gasteiger charge is -2.04. The molecule has 2 aromatic carbocycles. The molecule has 1 heterocycles. The third-order valence-corrected chi connectivity index (χ3v) is 4.37. The highest BCUT2D eigenvalue weighted by molar-refractivity contribution is 7.12. The van der Waals surface area contributed by atoms with E-state index < -0.39 is 11.6 Å². The zero-order valence-electron chi connectivity index (χ0n) is 12.2. The lowest BCUT2D eigenvalue weighted by Crippen LogP contribution is -2.22. The summed E-state index contributed by atoms with van der Waals surface area (Å²) in [6.07, 6.45) is 0. The van der Waals surface area contributed by atoms with E-state index in [0.29, 0.717) is 21.3 Å². The summed E-state index contributed by atoms with van der Waals surface area (Å²) in [6.45, 7) is 0.0892. The maximum absolute atomic E-state index is 13.1. The van der Waals surface area contributed by atoms with E-state index in [4.69, 9.17) is 11.6 Å². The Balaban J connectivity index is 1.67. The van der Waals surface area contributed by atoms with Crippen LogP contribution in [0.5, 0.6) is 0 Å². The molecule has 1 N–H and O–H groups in total. The summed E-state index contributed by atoms with van der Waals surface area (Å²) >= 11 is 7.05. The number of aromatic nitrogens is 1. The Morgan fingerprint density at radius 3 is 2.58 bits per heavy atom. The number of hydrogen-bond acceptors (Lipinski definition) is 3. The van der Waals surface area contributed by atoms with Crippen molar-refractivity contribution in [2.45, 2.75) is 6.54 Å². The molecular weight excluding hydrogens is 354 g/mol. The molecule has 7 heteroatoms. The minimum absolute atomic E-state index is 0.0892. The van der Waals surface area contributed by atoms with Crippen LogP contribution in [0.25, 0.3) is 11.3 Å². The van der Waals surface area contributed by atoms with Gasteiger partial charge in [-0.05, 0) is 29.8 Å². The number of nitrogens with zero attached hydrogens (tertiary/aromatic N) is 1. The van der Waals surface area contributed by atoms with Crippen molar-refractivity contribution >= 4 is 28.8 Å². The molecule has 0 saturated carbocycles. The van der Waals surface area contributed by atoms with Crippen LogP contribution in [0.3, 0.4) is 0 Å². The fourth-order valence-corrected chi connectivity index (χ4v) is 2.91. The third kappa shape index (κ3) is 3.77.